The van der Waals surface area contributed by atoms with Crippen LogP contribution in [0.2, 0.25) is 0 Å². The van der Waals surface area contributed by atoms with Gasteiger partial charge < -0.3 is 27.0 Å². The van der Waals surface area contributed by atoms with E-state index < -0.39 is 24.0 Å². The Balaban J connectivity index is 3.34. The van der Waals surface area contributed by atoms with Crippen LogP contribution in [-0.2, 0) is 9.59 Å². The minimum absolute atomic E-state index is 0.209. The molecule has 0 saturated heterocycles. The monoisotopic (exact) mass is 233 g/mol. The zero-order valence-corrected chi connectivity index (χ0v) is 9.06. The molecular formula is C9H19N3O4. The maximum absolute atomic E-state index is 10.4. The summed E-state index contributed by atoms with van der Waals surface area (Å²) in [6, 6.07) is -1.72. The standard InChI is InChI=1S/C9H19N3O4/c10-6(8(13)14)3-1-2-4-12-5-7(11)9(15)16/h6-7,12H,1-5,10-11H2,(H,13,14)(H,15,16)/t6-,7+/m1/s1. The first kappa shape index (κ1) is 14.8. The maximum Gasteiger partial charge on any atom is 0.321 e. The summed E-state index contributed by atoms with van der Waals surface area (Å²) >= 11 is 0. The van der Waals surface area contributed by atoms with Gasteiger partial charge in [0.25, 0.3) is 0 Å². The van der Waals surface area contributed by atoms with Gasteiger partial charge in [0.2, 0.25) is 0 Å². The van der Waals surface area contributed by atoms with Crippen LogP contribution in [0.5, 0.6) is 0 Å². The van der Waals surface area contributed by atoms with Gasteiger partial charge in [0.15, 0.2) is 0 Å². The number of carboxylic acids is 2. The van der Waals surface area contributed by atoms with E-state index in [-0.39, 0.29) is 6.54 Å². The molecule has 0 unspecified atom stereocenters. The first-order chi connectivity index (χ1) is 7.45. The molecule has 7 nitrogen and oxygen atoms in total. The van der Waals surface area contributed by atoms with Crippen molar-refractivity contribution in [3.63, 3.8) is 0 Å². The Morgan fingerprint density at radius 3 is 2.12 bits per heavy atom. The Kier molecular flexibility index (Phi) is 7.44. The van der Waals surface area contributed by atoms with Crippen LogP contribution in [0.15, 0.2) is 0 Å². The average molecular weight is 233 g/mol. The first-order valence-corrected chi connectivity index (χ1v) is 5.12. The molecule has 94 valence electrons. The number of rotatable bonds is 9. The number of nitrogens with one attached hydrogen (secondary N) is 1. The predicted molar refractivity (Wildman–Crippen MR) is 57.9 cm³/mol. The number of aliphatic carboxylic acids is 2. The Hall–Kier alpha value is -1.18. The van der Waals surface area contributed by atoms with E-state index >= 15 is 0 Å². The Morgan fingerprint density at radius 1 is 1.06 bits per heavy atom. The Bertz CT molecular complexity index is 211. The molecule has 7 heteroatoms. The lowest BCUT2D eigenvalue weighted by Crippen LogP contribution is -2.40. The molecule has 0 spiro atoms. The molecule has 16 heavy (non-hydrogen) atoms. The molecule has 0 aliphatic carbocycles. The topological polar surface area (TPSA) is 139 Å². The highest BCUT2D eigenvalue weighted by Gasteiger charge is 2.11. The Morgan fingerprint density at radius 2 is 1.62 bits per heavy atom. The SMILES string of the molecule is N[C@H](CCCCNC[C@H](N)C(=O)O)C(=O)O. The van der Waals surface area contributed by atoms with Crippen molar-refractivity contribution in [3.8, 4) is 0 Å². The van der Waals surface area contributed by atoms with E-state index in [2.05, 4.69) is 5.32 Å². The van der Waals surface area contributed by atoms with Gasteiger partial charge in [-0.15, -0.1) is 0 Å². The molecule has 0 aliphatic heterocycles. The van der Waals surface area contributed by atoms with Crippen molar-refractivity contribution in [1.29, 1.82) is 0 Å². The summed E-state index contributed by atoms with van der Waals surface area (Å²) in [7, 11) is 0. The summed E-state index contributed by atoms with van der Waals surface area (Å²) in [6.45, 7) is 0.813. The third-order valence-electron chi connectivity index (χ3n) is 2.12. The van der Waals surface area contributed by atoms with E-state index in [9.17, 15) is 9.59 Å². The minimum Gasteiger partial charge on any atom is -0.480 e. The summed E-state index contributed by atoms with van der Waals surface area (Å²) in [5.41, 5.74) is 10.6. The summed E-state index contributed by atoms with van der Waals surface area (Å²) < 4.78 is 0. The smallest absolute Gasteiger partial charge is 0.321 e. The summed E-state index contributed by atoms with van der Waals surface area (Å²) in [4.78, 5) is 20.7. The molecule has 0 amide bonds. The van der Waals surface area contributed by atoms with Crippen LogP contribution in [0, 0.1) is 0 Å². The fraction of sp³-hybridized carbons (Fsp3) is 0.778. The van der Waals surface area contributed by atoms with Crippen LogP contribution in [0.1, 0.15) is 19.3 Å². The van der Waals surface area contributed by atoms with Crippen LogP contribution >= 0.6 is 0 Å². The van der Waals surface area contributed by atoms with Crippen molar-refractivity contribution in [2.24, 2.45) is 11.5 Å². The normalized spacial score (nSPS) is 14.4. The van der Waals surface area contributed by atoms with Crippen molar-refractivity contribution in [2.45, 2.75) is 31.3 Å². The molecule has 0 bridgehead atoms. The summed E-state index contributed by atoms with van der Waals surface area (Å²) in [6.07, 6.45) is 1.85. The number of carbonyl (C=O) groups is 2. The summed E-state index contributed by atoms with van der Waals surface area (Å²) in [5.74, 6) is -2.04. The number of carboxylic acid groups (broad SMARTS) is 2. The quantitative estimate of drug-likeness (QED) is 0.308. The molecule has 0 aliphatic rings. The Labute approximate surface area is 93.8 Å². The van der Waals surface area contributed by atoms with Gasteiger partial charge in [0.1, 0.15) is 12.1 Å². The number of hydrogen-bond acceptors (Lipinski definition) is 5. The van der Waals surface area contributed by atoms with Crippen LogP contribution in [-0.4, -0.2) is 47.3 Å². The zero-order chi connectivity index (χ0) is 12.6. The van der Waals surface area contributed by atoms with Crippen LogP contribution in [0.3, 0.4) is 0 Å². The molecule has 0 fully saturated rings. The zero-order valence-electron chi connectivity index (χ0n) is 9.06. The molecular weight excluding hydrogens is 214 g/mol. The van der Waals surface area contributed by atoms with E-state index in [4.69, 9.17) is 21.7 Å². The van der Waals surface area contributed by atoms with E-state index in [0.717, 1.165) is 6.42 Å². The van der Waals surface area contributed by atoms with Gasteiger partial charge in [-0.1, -0.05) is 6.42 Å². The molecule has 2 atom stereocenters. The third-order valence-corrected chi connectivity index (χ3v) is 2.12. The van der Waals surface area contributed by atoms with Gasteiger partial charge in [-0.25, -0.2) is 0 Å². The summed E-state index contributed by atoms with van der Waals surface area (Å²) in [5, 5.41) is 19.8. The van der Waals surface area contributed by atoms with Gasteiger partial charge in [-0.3, -0.25) is 9.59 Å². The second-order valence-electron chi connectivity index (χ2n) is 3.59. The van der Waals surface area contributed by atoms with Gasteiger partial charge in [0, 0.05) is 6.54 Å². The van der Waals surface area contributed by atoms with E-state index in [1.54, 1.807) is 0 Å². The maximum atomic E-state index is 10.4. The highest BCUT2D eigenvalue weighted by atomic mass is 16.4. The molecule has 0 aromatic carbocycles. The van der Waals surface area contributed by atoms with Crippen LogP contribution in [0.25, 0.3) is 0 Å². The molecule has 0 rings (SSSR count). The minimum atomic E-state index is -1.04. The molecule has 0 aromatic rings. The van der Waals surface area contributed by atoms with E-state index in [0.29, 0.717) is 19.4 Å². The lowest BCUT2D eigenvalue weighted by molar-refractivity contribution is -0.139. The number of unbranched alkanes of at least 4 members (excludes halogenated alkanes) is 1. The predicted octanol–water partition coefficient (Wildman–Crippen LogP) is -1.43. The fourth-order valence-corrected chi connectivity index (χ4v) is 1.08. The number of nitrogens with two attached hydrogens (primary N) is 2. The van der Waals surface area contributed by atoms with Crippen LogP contribution < -0.4 is 16.8 Å². The van der Waals surface area contributed by atoms with Crippen LogP contribution in [0.4, 0.5) is 0 Å². The largest absolute Gasteiger partial charge is 0.480 e. The molecule has 0 heterocycles. The number of hydrogen-bond donors (Lipinski definition) is 5. The first-order valence-electron chi connectivity index (χ1n) is 5.12. The molecule has 0 radical (unpaired) electrons. The second kappa shape index (κ2) is 8.03. The van der Waals surface area contributed by atoms with E-state index in [1.807, 2.05) is 0 Å². The van der Waals surface area contributed by atoms with Crippen molar-refractivity contribution in [2.75, 3.05) is 13.1 Å². The van der Waals surface area contributed by atoms with Crippen molar-refractivity contribution in [1.82, 2.24) is 5.32 Å². The lowest BCUT2D eigenvalue weighted by Gasteiger charge is -2.09. The second-order valence-corrected chi connectivity index (χ2v) is 3.59. The third kappa shape index (κ3) is 7.16. The molecule has 0 saturated carbocycles. The van der Waals surface area contributed by atoms with E-state index in [1.165, 1.54) is 0 Å². The molecule has 7 N–H and O–H groups in total. The lowest BCUT2D eigenvalue weighted by atomic mass is 10.1. The van der Waals surface area contributed by atoms with Crippen molar-refractivity contribution in [3.05, 3.63) is 0 Å². The van der Waals surface area contributed by atoms with Gasteiger partial charge >= 0.3 is 11.9 Å². The van der Waals surface area contributed by atoms with Crippen molar-refractivity contribution < 1.29 is 19.8 Å². The molecule has 0 aromatic heterocycles. The average Bonchev–Trinajstić information content (AvgIpc) is 2.21. The van der Waals surface area contributed by atoms with Gasteiger partial charge in [-0.2, -0.15) is 0 Å². The highest BCUT2D eigenvalue weighted by Crippen LogP contribution is 1.98. The van der Waals surface area contributed by atoms with Gasteiger partial charge in [-0.05, 0) is 19.4 Å². The highest BCUT2D eigenvalue weighted by molar-refractivity contribution is 5.73. The van der Waals surface area contributed by atoms with Crippen molar-refractivity contribution >= 4 is 11.9 Å². The van der Waals surface area contributed by atoms with Gasteiger partial charge in [0.05, 0.1) is 0 Å². The fourth-order valence-electron chi connectivity index (χ4n) is 1.08.